The number of aryl methyl sites for hydroxylation is 1. The van der Waals surface area contributed by atoms with Gasteiger partial charge in [0.1, 0.15) is 4.90 Å². The number of pyridine rings is 1. The highest BCUT2D eigenvalue weighted by atomic mass is 35.5. The molecule has 0 aliphatic heterocycles. The van der Waals surface area contributed by atoms with E-state index in [0.29, 0.717) is 10.7 Å². The van der Waals surface area contributed by atoms with Crippen LogP contribution in [-0.2, 0) is 10.0 Å². The molecule has 4 rings (SSSR count). The maximum absolute atomic E-state index is 12.7. The Morgan fingerprint density at radius 3 is 2.44 bits per heavy atom. The van der Waals surface area contributed by atoms with Crippen molar-refractivity contribution in [1.82, 2.24) is 4.98 Å². The van der Waals surface area contributed by atoms with Gasteiger partial charge >= 0.3 is 0 Å². The van der Waals surface area contributed by atoms with Crippen molar-refractivity contribution < 1.29 is 8.42 Å². The van der Waals surface area contributed by atoms with Crippen LogP contribution in [0.15, 0.2) is 65.6 Å². The van der Waals surface area contributed by atoms with E-state index in [4.69, 9.17) is 23.2 Å². The first-order valence-electron chi connectivity index (χ1n) is 8.12. The summed E-state index contributed by atoms with van der Waals surface area (Å²) < 4.78 is 28.0. The van der Waals surface area contributed by atoms with Gasteiger partial charge in [0.25, 0.3) is 10.0 Å². The number of nitrogens with one attached hydrogen (secondary N) is 1. The number of sulfonamides is 1. The van der Waals surface area contributed by atoms with Crippen LogP contribution in [0.4, 0.5) is 5.69 Å². The molecule has 0 unspecified atom stereocenters. The van der Waals surface area contributed by atoms with E-state index in [0.717, 1.165) is 27.4 Å². The van der Waals surface area contributed by atoms with E-state index in [2.05, 4.69) is 9.71 Å². The number of hydrogen-bond donors (Lipinski definition) is 1. The smallest absolute Gasteiger partial charge is 0.263 e. The minimum atomic E-state index is -3.88. The Hall–Kier alpha value is -2.34. The van der Waals surface area contributed by atoms with E-state index >= 15 is 0 Å². The Morgan fingerprint density at radius 1 is 0.889 bits per heavy atom. The van der Waals surface area contributed by atoms with Crippen LogP contribution in [-0.4, -0.2) is 13.4 Å². The summed E-state index contributed by atoms with van der Waals surface area (Å²) in [5.41, 5.74) is 3.17. The standard InChI is InChI=1S/C20H14Cl2N2O2S/c1-12-15-4-2-3-5-18(15)23-19-9-7-14(11-16(12)19)24-27(25,26)20-10-13(21)6-8-17(20)22/h2-11,24H,1H3. The molecule has 0 fully saturated rings. The molecule has 4 aromatic rings. The molecule has 0 spiro atoms. The fourth-order valence-electron chi connectivity index (χ4n) is 3.05. The molecule has 0 bridgehead atoms. The summed E-state index contributed by atoms with van der Waals surface area (Å²) in [5, 5.41) is 2.32. The summed E-state index contributed by atoms with van der Waals surface area (Å²) in [5.74, 6) is 0. The molecule has 136 valence electrons. The van der Waals surface area contributed by atoms with E-state index in [-0.39, 0.29) is 9.92 Å². The van der Waals surface area contributed by atoms with E-state index in [1.54, 1.807) is 24.3 Å². The second-order valence-electron chi connectivity index (χ2n) is 6.17. The van der Waals surface area contributed by atoms with Crippen molar-refractivity contribution in [2.45, 2.75) is 11.8 Å². The molecule has 0 radical (unpaired) electrons. The summed E-state index contributed by atoms with van der Waals surface area (Å²) in [4.78, 5) is 4.58. The van der Waals surface area contributed by atoms with Gasteiger partial charge in [-0.15, -0.1) is 0 Å². The molecule has 7 heteroatoms. The van der Waals surface area contributed by atoms with Crippen LogP contribution in [0.5, 0.6) is 0 Å². The Morgan fingerprint density at radius 2 is 1.63 bits per heavy atom. The monoisotopic (exact) mass is 416 g/mol. The van der Waals surface area contributed by atoms with E-state index in [9.17, 15) is 8.42 Å². The van der Waals surface area contributed by atoms with Crippen molar-refractivity contribution >= 4 is 60.7 Å². The lowest BCUT2D eigenvalue weighted by Gasteiger charge is -2.12. The maximum Gasteiger partial charge on any atom is 0.263 e. The van der Waals surface area contributed by atoms with Gasteiger partial charge in [0.05, 0.1) is 16.1 Å². The van der Waals surface area contributed by atoms with Crippen LogP contribution in [0.1, 0.15) is 5.56 Å². The number of nitrogens with zero attached hydrogens (tertiary/aromatic N) is 1. The van der Waals surface area contributed by atoms with Gasteiger partial charge in [-0.2, -0.15) is 0 Å². The molecule has 0 aliphatic carbocycles. The number of aromatic nitrogens is 1. The van der Waals surface area contributed by atoms with Crippen molar-refractivity contribution in [1.29, 1.82) is 0 Å². The van der Waals surface area contributed by atoms with Gasteiger partial charge in [-0.1, -0.05) is 41.4 Å². The quantitative estimate of drug-likeness (QED) is 0.429. The molecule has 0 aliphatic rings. The fourth-order valence-corrected chi connectivity index (χ4v) is 4.87. The van der Waals surface area contributed by atoms with Crippen LogP contribution in [0.2, 0.25) is 10.0 Å². The van der Waals surface area contributed by atoms with Crippen LogP contribution in [0.25, 0.3) is 21.8 Å². The van der Waals surface area contributed by atoms with Crippen molar-refractivity contribution in [2.75, 3.05) is 4.72 Å². The van der Waals surface area contributed by atoms with Crippen LogP contribution >= 0.6 is 23.2 Å². The van der Waals surface area contributed by atoms with E-state index in [1.807, 2.05) is 31.2 Å². The fraction of sp³-hybridized carbons (Fsp3) is 0.0500. The highest BCUT2D eigenvalue weighted by molar-refractivity contribution is 7.92. The zero-order chi connectivity index (χ0) is 19.2. The molecular formula is C20H14Cl2N2O2S. The van der Waals surface area contributed by atoms with Crippen molar-refractivity contribution in [3.63, 3.8) is 0 Å². The highest BCUT2D eigenvalue weighted by Gasteiger charge is 2.19. The molecule has 3 aromatic carbocycles. The Bertz CT molecular complexity index is 1300. The third-order valence-electron chi connectivity index (χ3n) is 4.38. The highest BCUT2D eigenvalue weighted by Crippen LogP contribution is 2.30. The number of rotatable bonds is 3. The van der Waals surface area contributed by atoms with Gasteiger partial charge in [-0.25, -0.2) is 13.4 Å². The number of hydrogen-bond acceptors (Lipinski definition) is 3. The average molecular weight is 417 g/mol. The van der Waals surface area contributed by atoms with E-state index < -0.39 is 10.0 Å². The van der Waals surface area contributed by atoms with Crippen molar-refractivity contribution in [3.8, 4) is 0 Å². The average Bonchev–Trinajstić information content (AvgIpc) is 2.64. The van der Waals surface area contributed by atoms with Gasteiger partial charge in [-0.05, 0) is 55.0 Å². The van der Waals surface area contributed by atoms with Gasteiger partial charge in [0.15, 0.2) is 0 Å². The summed E-state index contributed by atoms with van der Waals surface area (Å²) in [6.45, 7) is 2.00. The van der Waals surface area contributed by atoms with Gasteiger partial charge in [0.2, 0.25) is 0 Å². The molecule has 1 heterocycles. The Balaban J connectivity index is 1.81. The summed E-state index contributed by atoms with van der Waals surface area (Å²) in [6.07, 6.45) is 0. The molecule has 0 atom stereocenters. The molecule has 4 nitrogen and oxygen atoms in total. The van der Waals surface area contributed by atoms with Crippen LogP contribution < -0.4 is 4.72 Å². The summed E-state index contributed by atoms with van der Waals surface area (Å²) >= 11 is 12.0. The summed E-state index contributed by atoms with van der Waals surface area (Å²) in [6, 6.07) is 17.4. The second-order valence-corrected chi connectivity index (χ2v) is 8.66. The number of para-hydroxylation sites is 1. The Labute approximate surface area is 166 Å². The lowest BCUT2D eigenvalue weighted by Crippen LogP contribution is -2.13. The minimum absolute atomic E-state index is 0.0647. The molecule has 0 saturated heterocycles. The lowest BCUT2D eigenvalue weighted by molar-refractivity contribution is 0.601. The third kappa shape index (κ3) is 3.34. The second kappa shape index (κ2) is 6.68. The number of anilines is 1. The molecule has 0 saturated carbocycles. The molecular weight excluding hydrogens is 403 g/mol. The first-order chi connectivity index (χ1) is 12.8. The molecule has 0 amide bonds. The van der Waals surface area contributed by atoms with Crippen molar-refractivity contribution in [3.05, 3.63) is 76.3 Å². The van der Waals surface area contributed by atoms with Crippen LogP contribution in [0.3, 0.4) is 0 Å². The predicted molar refractivity (Wildman–Crippen MR) is 111 cm³/mol. The zero-order valence-electron chi connectivity index (χ0n) is 14.2. The third-order valence-corrected chi connectivity index (χ3v) is 6.48. The normalized spacial score (nSPS) is 11.8. The van der Waals surface area contributed by atoms with Crippen molar-refractivity contribution in [2.24, 2.45) is 0 Å². The molecule has 1 N–H and O–H groups in total. The van der Waals surface area contributed by atoms with Gasteiger partial charge in [-0.3, -0.25) is 4.72 Å². The van der Waals surface area contributed by atoms with Crippen LogP contribution in [0, 0.1) is 6.92 Å². The predicted octanol–water partition coefficient (Wildman–Crippen LogP) is 5.80. The molecule has 1 aromatic heterocycles. The lowest BCUT2D eigenvalue weighted by atomic mass is 10.0. The van der Waals surface area contributed by atoms with Gasteiger partial charge in [0, 0.05) is 21.5 Å². The number of benzene rings is 3. The summed E-state index contributed by atoms with van der Waals surface area (Å²) in [7, 11) is -3.88. The number of halogens is 2. The first-order valence-corrected chi connectivity index (χ1v) is 10.4. The first kappa shape index (κ1) is 18.0. The largest absolute Gasteiger partial charge is 0.280 e. The topological polar surface area (TPSA) is 59.1 Å². The Kier molecular flexibility index (Phi) is 4.46. The van der Waals surface area contributed by atoms with Gasteiger partial charge < -0.3 is 0 Å². The SMILES string of the molecule is Cc1c2ccccc2nc2ccc(NS(=O)(=O)c3cc(Cl)ccc3Cl)cc12. The minimum Gasteiger partial charge on any atom is -0.280 e. The molecule has 27 heavy (non-hydrogen) atoms. The van der Waals surface area contributed by atoms with E-state index in [1.165, 1.54) is 12.1 Å². The number of fused-ring (bicyclic) bond motifs is 2. The maximum atomic E-state index is 12.7. The zero-order valence-corrected chi connectivity index (χ0v) is 16.5.